The summed E-state index contributed by atoms with van der Waals surface area (Å²) in [6, 6.07) is 7.88. The molecular weight excluding hydrogens is 418 g/mol. The van der Waals surface area contributed by atoms with E-state index in [0.717, 1.165) is 35.0 Å². The normalized spacial score (nSPS) is 13.3. The Morgan fingerprint density at radius 2 is 2.00 bits per heavy atom. The van der Waals surface area contributed by atoms with E-state index in [1.54, 1.807) is 23.1 Å². The summed E-state index contributed by atoms with van der Waals surface area (Å²) >= 11 is 5.28. The second-order valence-corrected chi connectivity index (χ2v) is 10.5. The van der Waals surface area contributed by atoms with Gasteiger partial charge in [0.15, 0.2) is 0 Å². The third kappa shape index (κ3) is 5.68. The van der Waals surface area contributed by atoms with Crippen molar-refractivity contribution in [1.82, 2.24) is 15.3 Å². The second kappa shape index (κ2) is 9.87. The maximum absolute atomic E-state index is 12.4. The molecule has 0 fully saturated rings. The number of thioether (sulfide) groups is 1. The van der Waals surface area contributed by atoms with Gasteiger partial charge in [-0.05, 0) is 56.7 Å². The Balaban J connectivity index is 1.19. The van der Waals surface area contributed by atoms with Gasteiger partial charge in [0.1, 0.15) is 4.34 Å². The maximum atomic E-state index is 12.4. The number of aromatic nitrogens is 2. The monoisotopic (exact) mass is 443 g/mol. The quantitative estimate of drug-likeness (QED) is 0.372. The van der Waals surface area contributed by atoms with Crippen LogP contribution in [0.3, 0.4) is 0 Å². The Hall–Kier alpha value is -1.70. The van der Waals surface area contributed by atoms with Crippen LogP contribution in [0, 0.1) is 6.92 Å². The molecule has 4 rings (SSSR count). The molecule has 1 aliphatic carbocycles. The predicted octanol–water partition coefficient (Wildman–Crippen LogP) is 5.44. The third-order valence-corrected chi connectivity index (χ3v) is 8.35. The zero-order chi connectivity index (χ0) is 20.1. The molecule has 1 N–H and O–H groups in total. The van der Waals surface area contributed by atoms with Crippen LogP contribution in [0.2, 0.25) is 0 Å². The van der Waals surface area contributed by atoms with E-state index in [9.17, 15) is 4.79 Å². The first-order valence-corrected chi connectivity index (χ1v) is 12.7. The molecule has 2 aromatic heterocycles. The topological polar surface area (TPSA) is 54.9 Å². The number of fused-ring (bicyclic) bond motifs is 1. The van der Waals surface area contributed by atoms with E-state index >= 15 is 0 Å². The van der Waals surface area contributed by atoms with Gasteiger partial charge in [-0.3, -0.25) is 4.79 Å². The molecule has 0 aliphatic heterocycles. The number of benzene rings is 1. The summed E-state index contributed by atoms with van der Waals surface area (Å²) in [5.74, 6) is 0.866. The molecule has 0 radical (unpaired) electrons. The number of carbonyl (C=O) groups excluding carboxylic acids is 1. The molecule has 7 heteroatoms. The van der Waals surface area contributed by atoms with Gasteiger partial charge < -0.3 is 5.32 Å². The van der Waals surface area contributed by atoms with E-state index in [1.165, 1.54) is 40.4 Å². The predicted molar refractivity (Wildman–Crippen MR) is 122 cm³/mol. The summed E-state index contributed by atoms with van der Waals surface area (Å²) in [5, 5.41) is 6.33. The lowest BCUT2D eigenvalue weighted by Crippen LogP contribution is -2.24. The molecular formula is C22H25N3OS3. The summed E-state index contributed by atoms with van der Waals surface area (Å²) in [5.41, 5.74) is 4.31. The van der Waals surface area contributed by atoms with E-state index in [-0.39, 0.29) is 5.91 Å². The number of hydrogen-bond acceptors (Lipinski definition) is 6. The molecule has 1 aliphatic rings. The summed E-state index contributed by atoms with van der Waals surface area (Å²) < 4.78 is 1.09. The summed E-state index contributed by atoms with van der Waals surface area (Å²) in [4.78, 5) is 23.1. The molecule has 0 atom stereocenters. The van der Waals surface area contributed by atoms with Gasteiger partial charge >= 0.3 is 0 Å². The molecule has 0 saturated heterocycles. The number of rotatable bonds is 8. The summed E-state index contributed by atoms with van der Waals surface area (Å²) in [6.07, 6.45) is 6.79. The lowest BCUT2D eigenvalue weighted by atomic mass is 10.0. The highest BCUT2D eigenvalue weighted by molar-refractivity contribution is 8.00. The molecule has 1 aromatic carbocycles. The minimum Gasteiger partial charge on any atom is -0.352 e. The molecule has 0 unspecified atom stereocenters. The zero-order valence-electron chi connectivity index (χ0n) is 16.6. The fourth-order valence-electron chi connectivity index (χ4n) is 3.35. The summed E-state index contributed by atoms with van der Waals surface area (Å²) in [6.45, 7) is 2.70. The number of nitrogens with zero attached hydrogens (tertiary/aromatic N) is 2. The van der Waals surface area contributed by atoms with Crippen LogP contribution in [-0.2, 0) is 25.0 Å². The average molecular weight is 444 g/mol. The van der Waals surface area contributed by atoms with E-state index in [4.69, 9.17) is 4.98 Å². The van der Waals surface area contributed by atoms with Crippen molar-refractivity contribution in [3.63, 3.8) is 0 Å². The van der Waals surface area contributed by atoms with Gasteiger partial charge in [0, 0.05) is 40.2 Å². The number of amides is 1. The SMILES string of the molecule is Cc1csc(SCc2ccc(C(=O)NCCCc3nc4c(s3)CCCC4)cc2)n1. The molecule has 29 heavy (non-hydrogen) atoms. The van der Waals surface area contributed by atoms with E-state index < -0.39 is 0 Å². The van der Waals surface area contributed by atoms with Gasteiger partial charge in [0.25, 0.3) is 5.91 Å². The van der Waals surface area contributed by atoms with Crippen LogP contribution in [0.4, 0.5) is 0 Å². The van der Waals surface area contributed by atoms with Crippen LogP contribution in [0.15, 0.2) is 34.0 Å². The Labute approximate surface area is 184 Å². The van der Waals surface area contributed by atoms with Crippen LogP contribution in [0.1, 0.15) is 56.5 Å². The minimum absolute atomic E-state index is 0.00168. The van der Waals surface area contributed by atoms with Crippen molar-refractivity contribution < 1.29 is 4.79 Å². The molecule has 152 valence electrons. The molecule has 4 nitrogen and oxygen atoms in total. The Morgan fingerprint density at radius 1 is 1.17 bits per heavy atom. The zero-order valence-corrected chi connectivity index (χ0v) is 19.0. The fourth-order valence-corrected chi connectivity index (χ4v) is 6.36. The number of carbonyl (C=O) groups is 1. The van der Waals surface area contributed by atoms with Crippen LogP contribution in [-0.4, -0.2) is 22.4 Å². The van der Waals surface area contributed by atoms with Crippen molar-refractivity contribution in [3.05, 3.63) is 62.0 Å². The summed E-state index contributed by atoms with van der Waals surface area (Å²) in [7, 11) is 0. The van der Waals surface area contributed by atoms with Gasteiger partial charge in [-0.15, -0.1) is 22.7 Å². The van der Waals surface area contributed by atoms with Crippen LogP contribution in [0.5, 0.6) is 0 Å². The first kappa shape index (κ1) is 20.6. The van der Waals surface area contributed by atoms with E-state index in [1.807, 2.05) is 42.5 Å². The van der Waals surface area contributed by atoms with Crippen LogP contribution < -0.4 is 5.32 Å². The van der Waals surface area contributed by atoms with Gasteiger partial charge in [-0.1, -0.05) is 23.9 Å². The minimum atomic E-state index is -0.00168. The Bertz CT molecular complexity index is 939. The number of hydrogen-bond donors (Lipinski definition) is 1. The van der Waals surface area contributed by atoms with E-state index in [2.05, 4.69) is 15.7 Å². The van der Waals surface area contributed by atoms with Gasteiger partial charge in [-0.2, -0.15) is 0 Å². The number of aryl methyl sites for hydroxylation is 4. The smallest absolute Gasteiger partial charge is 0.251 e. The number of thiazole rings is 2. The highest BCUT2D eigenvalue weighted by Crippen LogP contribution is 2.27. The molecule has 0 spiro atoms. The highest BCUT2D eigenvalue weighted by atomic mass is 32.2. The van der Waals surface area contributed by atoms with Crippen molar-refractivity contribution >= 4 is 40.3 Å². The number of nitrogens with one attached hydrogen (secondary N) is 1. The lowest BCUT2D eigenvalue weighted by Gasteiger charge is -2.06. The van der Waals surface area contributed by atoms with Crippen molar-refractivity contribution in [2.75, 3.05) is 6.54 Å². The van der Waals surface area contributed by atoms with Gasteiger partial charge in [0.2, 0.25) is 0 Å². The standard InChI is InChI=1S/C22H25N3OS3/c1-15-13-27-22(24-15)28-14-16-8-10-17(11-9-16)21(26)23-12-4-7-20-25-18-5-2-3-6-19(18)29-20/h8-11,13H,2-7,12,14H2,1H3,(H,23,26). The van der Waals surface area contributed by atoms with Crippen LogP contribution >= 0.6 is 34.4 Å². The third-order valence-electron chi connectivity index (χ3n) is 4.92. The first-order chi connectivity index (χ1) is 14.2. The second-order valence-electron chi connectivity index (χ2n) is 7.28. The molecule has 2 heterocycles. The van der Waals surface area contributed by atoms with Crippen molar-refractivity contribution in [1.29, 1.82) is 0 Å². The lowest BCUT2D eigenvalue weighted by molar-refractivity contribution is 0.0953. The van der Waals surface area contributed by atoms with Gasteiger partial charge in [-0.25, -0.2) is 9.97 Å². The Kier molecular flexibility index (Phi) is 7.00. The molecule has 0 bridgehead atoms. The first-order valence-electron chi connectivity index (χ1n) is 10.1. The molecule has 1 amide bonds. The van der Waals surface area contributed by atoms with E-state index in [0.29, 0.717) is 12.1 Å². The molecule has 0 saturated carbocycles. The van der Waals surface area contributed by atoms with Gasteiger partial charge in [0.05, 0.1) is 10.7 Å². The van der Waals surface area contributed by atoms with Crippen molar-refractivity contribution in [2.24, 2.45) is 0 Å². The van der Waals surface area contributed by atoms with Crippen LogP contribution in [0.25, 0.3) is 0 Å². The largest absolute Gasteiger partial charge is 0.352 e. The fraction of sp³-hybridized carbons (Fsp3) is 0.409. The van der Waals surface area contributed by atoms with Crippen molar-refractivity contribution in [2.45, 2.75) is 55.5 Å². The Morgan fingerprint density at radius 3 is 2.76 bits per heavy atom. The highest BCUT2D eigenvalue weighted by Gasteiger charge is 2.14. The maximum Gasteiger partial charge on any atom is 0.251 e. The average Bonchev–Trinajstić information content (AvgIpc) is 3.35. The molecule has 3 aromatic rings. The van der Waals surface area contributed by atoms with Crippen molar-refractivity contribution in [3.8, 4) is 0 Å².